The number of rotatable bonds is 6. The SMILES string of the molecule is CCCNc1cc(NCc2nccs2)nc(C(C)(C)C)n1. The summed E-state index contributed by atoms with van der Waals surface area (Å²) in [5.41, 5.74) is -0.0818. The second-order valence-corrected chi connectivity index (χ2v) is 6.90. The molecule has 0 aliphatic heterocycles. The number of hydrogen-bond donors (Lipinski definition) is 2. The molecule has 0 aliphatic carbocycles. The molecule has 0 atom stereocenters. The van der Waals surface area contributed by atoms with E-state index in [0.717, 1.165) is 35.4 Å². The molecule has 0 radical (unpaired) electrons. The molecule has 2 heterocycles. The minimum Gasteiger partial charge on any atom is -0.370 e. The van der Waals surface area contributed by atoms with Gasteiger partial charge in [-0.05, 0) is 6.42 Å². The smallest absolute Gasteiger partial charge is 0.138 e. The number of nitrogens with one attached hydrogen (secondary N) is 2. The van der Waals surface area contributed by atoms with Crippen LogP contribution < -0.4 is 10.6 Å². The van der Waals surface area contributed by atoms with Gasteiger partial charge in [-0.2, -0.15) is 0 Å². The minimum atomic E-state index is -0.0818. The van der Waals surface area contributed by atoms with Crippen molar-refractivity contribution in [3.63, 3.8) is 0 Å². The van der Waals surface area contributed by atoms with Crippen molar-refractivity contribution < 1.29 is 0 Å². The van der Waals surface area contributed by atoms with Gasteiger partial charge in [0, 0.05) is 29.6 Å². The monoisotopic (exact) mass is 305 g/mol. The lowest BCUT2D eigenvalue weighted by molar-refractivity contribution is 0.546. The molecule has 2 aromatic heterocycles. The van der Waals surface area contributed by atoms with Crippen molar-refractivity contribution in [1.29, 1.82) is 0 Å². The summed E-state index contributed by atoms with van der Waals surface area (Å²) in [7, 11) is 0. The van der Waals surface area contributed by atoms with Crippen molar-refractivity contribution in [2.24, 2.45) is 0 Å². The van der Waals surface area contributed by atoms with Gasteiger partial charge in [0.05, 0.1) is 6.54 Å². The maximum atomic E-state index is 4.63. The molecule has 0 fully saturated rings. The Kier molecular flexibility index (Phi) is 5.12. The van der Waals surface area contributed by atoms with Crippen LogP contribution in [0.4, 0.5) is 11.6 Å². The van der Waals surface area contributed by atoms with Gasteiger partial charge >= 0.3 is 0 Å². The highest BCUT2D eigenvalue weighted by Gasteiger charge is 2.19. The van der Waals surface area contributed by atoms with Gasteiger partial charge in [-0.25, -0.2) is 15.0 Å². The summed E-state index contributed by atoms with van der Waals surface area (Å²) in [5, 5.41) is 9.70. The molecule has 2 rings (SSSR count). The van der Waals surface area contributed by atoms with Crippen LogP contribution >= 0.6 is 11.3 Å². The Hall–Kier alpha value is -1.69. The van der Waals surface area contributed by atoms with Gasteiger partial charge in [0.15, 0.2) is 0 Å². The van der Waals surface area contributed by atoms with Crippen molar-refractivity contribution in [3.8, 4) is 0 Å². The first kappa shape index (κ1) is 15.7. The van der Waals surface area contributed by atoms with Crippen LogP contribution in [0.15, 0.2) is 17.6 Å². The Morgan fingerprint density at radius 3 is 2.43 bits per heavy atom. The quantitative estimate of drug-likeness (QED) is 0.852. The molecule has 114 valence electrons. The van der Waals surface area contributed by atoms with Crippen molar-refractivity contribution >= 4 is 23.0 Å². The molecule has 2 N–H and O–H groups in total. The van der Waals surface area contributed by atoms with Gasteiger partial charge in [-0.3, -0.25) is 0 Å². The van der Waals surface area contributed by atoms with Gasteiger partial charge in [-0.1, -0.05) is 27.7 Å². The number of hydrogen-bond acceptors (Lipinski definition) is 6. The zero-order chi connectivity index (χ0) is 15.3. The van der Waals surface area contributed by atoms with Gasteiger partial charge in [-0.15, -0.1) is 11.3 Å². The summed E-state index contributed by atoms with van der Waals surface area (Å²) in [5.74, 6) is 2.55. The molecule has 0 aromatic carbocycles. The van der Waals surface area contributed by atoms with Crippen molar-refractivity contribution in [1.82, 2.24) is 15.0 Å². The second kappa shape index (κ2) is 6.85. The van der Waals surface area contributed by atoms with Crippen LogP contribution in [0.3, 0.4) is 0 Å². The van der Waals surface area contributed by atoms with E-state index in [9.17, 15) is 0 Å². The predicted octanol–water partition coefficient (Wildman–Crippen LogP) is 3.66. The van der Waals surface area contributed by atoms with Crippen LogP contribution in [0, 0.1) is 0 Å². The molecule has 2 aromatic rings. The molecule has 21 heavy (non-hydrogen) atoms. The Labute approximate surface area is 130 Å². The molecule has 0 unspecified atom stereocenters. The summed E-state index contributed by atoms with van der Waals surface area (Å²) in [6, 6.07) is 1.96. The molecule has 0 saturated carbocycles. The number of nitrogens with zero attached hydrogens (tertiary/aromatic N) is 3. The first-order valence-electron chi connectivity index (χ1n) is 7.24. The third-order valence-corrected chi connectivity index (χ3v) is 3.64. The van der Waals surface area contributed by atoms with E-state index in [0.29, 0.717) is 6.54 Å². The Morgan fingerprint density at radius 2 is 1.86 bits per heavy atom. The molecule has 0 bridgehead atoms. The molecule has 0 saturated heterocycles. The number of anilines is 2. The molecule has 5 nitrogen and oxygen atoms in total. The molecule has 6 heteroatoms. The van der Waals surface area contributed by atoms with Crippen molar-refractivity contribution in [2.75, 3.05) is 17.2 Å². The standard InChI is InChI=1S/C15H23N5S/c1-5-6-16-11-9-12(18-10-13-17-7-8-21-13)20-14(19-11)15(2,3)4/h7-9H,5-6,10H2,1-4H3,(H2,16,18,19,20). The number of aromatic nitrogens is 3. The maximum Gasteiger partial charge on any atom is 0.138 e. The lowest BCUT2D eigenvalue weighted by Gasteiger charge is -2.19. The van der Waals surface area contributed by atoms with Crippen LogP contribution in [0.2, 0.25) is 0 Å². The summed E-state index contributed by atoms with van der Waals surface area (Å²) in [6.07, 6.45) is 2.88. The van der Waals surface area contributed by atoms with E-state index in [-0.39, 0.29) is 5.41 Å². The fraction of sp³-hybridized carbons (Fsp3) is 0.533. The Bertz CT molecular complexity index is 560. The largest absolute Gasteiger partial charge is 0.370 e. The molecular formula is C15H23N5S. The zero-order valence-electron chi connectivity index (χ0n) is 13.1. The topological polar surface area (TPSA) is 62.7 Å². The molecule has 0 aliphatic rings. The second-order valence-electron chi connectivity index (χ2n) is 5.92. The lowest BCUT2D eigenvalue weighted by Crippen LogP contribution is -2.18. The average molecular weight is 305 g/mol. The first-order valence-corrected chi connectivity index (χ1v) is 8.12. The highest BCUT2D eigenvalue weighted by molar-refractivity contribution is 7.09. The van der Waals surface area contributed by atoms with Crippen LogP contribution in [0.25, 0.3) is 0 Å². The van der Waals surface area contributed by atoms with Crippen LogP contribution in [0.1, 0.15) is 44.9 Å². The van der Waals surface area contributed by atoms with E-state index in [4.69, 9.17) is 0 Å². The van der Waals surface area contributed by atoms with E-state index in [1.807, 2.05) is 17.6 Å². The van der Waals surface area contributed by atoms with Gasteiger partial charge in [0.25, 0.3) is 0 Å². The van der Waals surface area contributed by atoms with Crippen LogP contribution in [-0.2, 0) is 12.0 Å². The van der Waals surface area contributed by atoms with Crippen molar-refractivity contribution in [2.45, 2.75) is 46.1 Å². The third kappa shape index (κ3) is 4.67. The Morgan fingerprint density at radius 1 is 1.14 bits per heavy atom. The highest BCUT2D eigenvalue weighted by Crippen LogP contribution is 2.22. The Balaban J connectivity index is 2.17. The lowest BCUT2D eigenvalue weighted by atomic mass is 9.96. The summed E-state index contributed by atoms with van der Waals surface area (Å²) >= 11 is 1.64. The summed E-state index contributed by atoms with van der Waals surface area (Å²) < 4.78 is 0. The van der Waals surface area contributed by atoms with Crippen molar-refractivity contribution in [3.05, 3.63) is 28.5 Å². The van der Waals surface area contributed by atoms with Gasteiger partial charge in [0.1, 0.15) is 22.5 Å². The summed E-state index contributed by atoms with van der Waals surface area (Å²) in [6.45, 7) is 10.1. The number of thiazole rings is 1. The molecular weight excluding hydrogens is 282 g/mol. The normalized spacial score (nSPS) is 11.4. The highest BCUT2D eigenvalue weighted by atomic mass is 32.1. The average Bonchev–Trinajstić information content (AvgIpc) is 2.95. The molecule has 0 amide bonds. The van der Waals surface area contributed by atoms with Gasteiger partial charge in [0.2, 0.25) is 0 Å². The maximum absolute atomic E-state index is 4.63. The van der Waals surface area contributed by atoms with Gasteiger partial charge < -0.3 is 10.6 Å². The third-order valence-electron chi connectivity index (χ3n) is 2.86. The van der Waals surface area contributed by atoms with E-state index in [1.54, 1.807) is 11.3 Å². The predicted molar refractivity (Wildman–Crippen MR) is 89.0 cm³/mol. The fourth-order valence-electron chi connectivity index (χ4n) is 1.72. The summed E-state index contributed by atoms with van der Waals surface area (Å²) in [4.78, 5) is 13.5. The first-order chi connectivity index (χ1) is 9.99. The van der Waals surface area contributed by atoms with E-state index < -0.39 is 0 Å². The molecule has 0 spiro atoms. The fourth-order valence-corrected chi connectivity index (χ4v) is 2.28. The zero-order valence-corrected chi connectivity index (χ0v) is 13.9. The van der Waals surface area contributed by atoms with Crippen LogP contribution in [0.5, 0.6) is 0 Å². The van der Waals surface area contributed by atoms with E-state index in [2.05, 4.69) is 53.3 Å². The van der Waals surface area contributed by atoms with Crippen LogP contribution in [-0.4, -0.2) is 21.5 Å². The minimum absolute atomic E-state index is 0.0818. The van der Waals surface area contributed by atoms with E-state index >= 15 is 0 Å². The van der Waals surface area contributed by atoms with E-state index in [1.165, 1.54) is 0 Å².